The second-order valence-corrected chi connectivity index (χ2v) is 7.01. The molecule has 23 heavy (non-hydrogen) atoms. The Kier molecular flexibility index (Phi) is 8.86. The third kappa shape index (κ3) is 5.93. The van der Waals surface area contributed by atoms with Gasteiger partial charge in [-0.25, -0.2) is 0 Å². The van der Waals surface area contributed by atoms with Gasteiger partial charge in [0.05, 0.1) is 0 Å². The van der Waals surface area contributed by atoms with Gasteiger partial charge in [-0.1, -0.05) is 45.2 Å². The second kappa shape index (κ2) is 10.1. The van der Waals surface area contributed by atoms with Crippen LogP contribution in [0.15, 0.2) is 18.2 Å². The Bertz CT molecular complexity index is 500. The quantitative estimate of drug-likeness (QED) is 0.516. The van der Waals surface area contributed by atoms with Gasteiger partial charge in [0.1, 0.15) is 0 Å². The van der Waals surface area contributed by atoms with Crippen molar-refractivity contribution in [1.82, 2.24) is 4.90 Å². The van der Waals surface area contributed by atoms with E-state index < -0.39 is 0 Å². The molecule has 0 aliphatic rings. The van der Waals surface area contributed by atoms with Crippen LogP contribution in [0.3, 0.4) is 0 Å². The Labute approximate surface area is 147 Å². The summed E-state index contributed by atoms with van der Waals surface area (Å²) in [6, 6.07) is 6.26. The highest BCUT2D eigenvalue weighted by Gasteiger charge is 2.23. The van der Waals surface area contributed by atoms with Crippen LogP contribution >= 0.6 is 11.6 Å². The van der Waals surface area contributed by atoms with Gasteiger partial charge in [0.25, 0.3) is 0 Å². The van der Waals surface area contributed by atoms with Crippen molar-refractivity contribution < 1.29 is 4.79 Å². The summed E-state index contributed by atoms with van der Waals surface area (Å²) in [5, 5.41) is 0.771. The molecule has 3 heteroatoms. The number of Topliss-reactive ketones (excluding diaryl/α,β-unsaturated/α-hetero) is 1. The lowest BCUT2D eigenvalue weighted by molar-refractivity contribution is 0.0864. The maximum absolute atomic E-state index is 13.0. The molecular formula is C20H32ClNO. The van der Waals surface area contributed by atoms with Crippen LogP contribution in [0.5, 0.6) is 0 Å². The van der Waals surface area contributed by atoms with E-state index in [0.29, 0.717) is 6.04 Å². The molecule has 0 aliphatic carbocycles. The fraction of sp³-hybridized carbons (Fsp3) is 0.650. The van der Waals surface area contributed by atoms with Gasteiger partial charge in [-0.2, -0.15) is 0 Å². The summed E-state index contributed by atoms with van der Waals surface area (Å²) >= 11 is 6.25. The van der Waals surface area contributed by atoms with E-state index >= 15 is 0 Å². The molecule has 1 aromatic carbocycles. The fourth-order valence-electron chi connectivity index (χ4n) is 2.92. The topological polar surface area (TPSA) is 20.3 Å². The Balaban J connectivity index is 2.94. The van der Waals surface area contributed by atoms with Gasteiger partial charge in [-0.3, -0.25) is 4.79 Å². The molecule has 0 fully saturated rings. The normalized spacial score (nSPS) is 14.0. The summed E-state index contributed by atoms with van der Waals surface area (Å²) in [6.45, 7) is 9.51. The van der Waals surface area contributed by atoms with Crippen molar-refractivity contribution in [2.75, 3.05) is 13.6 Å². The Morgan fingerprint density at radius 1 is 1.22 bits per heavy atom. The molecule has 0 aliphatic heterocycles. The average molecular weight is 338 g/mol. The number of hydrogen-bond donors (Lipinski definition) is 0. The number of ketones is 1. The molecule has 130 valence electrons. The Hall–Kier alpha value is -0.860. The third-order valence-electron chi connectivity index (χ3n) is 4.71. The number of carbonyl (C=O) groups excluding carboxylic acids is 1. The van der Waals surface area contributed by atoms with E-state index in [1.807, 2.05) is 18.2 Å². The molecule has 2 unspecified atom stereocenters. The van der Waals surface area contributed by atoms with Gasteiger partial charge in [-0.15, -0.1) is 0 Å². The lowest BCUT2D eigenvalue weighted by atomic mass is 9.91. The van der Waals surface area contributed by atoms with Crippen molar-refractivity contribution in [2.24, 2.45) is 5.92 Å². The highest BCUT2D eigenvalue weighted by atomic mass is 35.5. The predicted octanol–water partition coefficient (Wildman–Crippen LogP) is 5.62. The van der Waals surface area contributed by atoms with E-state index in [2.05, 4.69) is 39.6 Å². The van der Waals surface area contributed by atoms with Crippen LogP contribution in [0.4, 0.5) is 0 Å². The zero-order chi connectivity index (χ0) is 17.4. The van der Waals surface area contributed by atoms with Crippen LogP contribution in [-0.4, -0.2) is 30.3 Å². The average Bonchev–Trinajstić information content (AvgIpc) is 2.55. The van der Waals surface area contributed by atoms with Crippen molar-refractivity contribution in [3.8, 4) is 0 Å². The first-order chi connectivity index (χ1) is 10.9. The molecule has 0 spiro atoms. The standard InChI is InChI=1S/C20H32ClNO/c1-6-9-16-13-17(11-12-19(16)21)20(23)18(10-7-2)14-22(5)15(4)8-3/h11-13,15,18H,6-10,14H2,1-5H3. The van der Waals surface area contributed by atoms with Crippen molar-refractivity contribution in [1.29, 1.82) is 0 Å². The third-order valence-corrected chi connectivity index (χ3v) is 5.08. The molecule has 0 heterocycles. The van der Waals surface area contributed by atoms with Gasteiger partial charge in [-0.05, 0) is 57.0 Å². The molecule has 2 atom stereocenters. The van der Waals surface area contributed by atoms with Crippen molar-refractivity contribution in [3.05, 3.63) is 34.3 Å². The highest BCUT2D eigenvalue weighted by molar-refractivity contribution is 6.31. The van der Waals surface area contributed by atoms with Gasteiger partial charge < -0.3 is 4.90 Å². The summed E-state index contributed by atoms with van der Waals surface area (Å²) in [5.74, 6) is 0.325. The van der Waals surface area contributed by atoms with Gasteiger partial charge in [0, 0.05) is 29.1 Å². The smallest absolute Gasteiger partial charge is 0.167 e. The molecule has 1 aromatic rings. The predicted molar refractivity (Wildman–Crippen MR) is 101 cm³/mol. The minimum Gasteiger partial charge on any atom is -0.303 e. The van der Waals surface area contributed by atoms with E-state index in [1.54, 1.807) is 0 Å². The fourth-order valence-corrected chi connectivity index (χ4v) is 3.13. The first-order valence-electron chi connectivity index (χ1n) is 8.97. The number of halogens is 1. The molecule has 0 saturated heterocycles. The number of aryl methyl sites for hydroxylation is 1. The lowest BCUT2D eigenvalue weighted by Crippen LogP contribution is -2.36. The summed E-state index contributed by atoms with van der Waals surface area (Å²) in [5.41, 5.74) is 1.90. The van der Waals surface area contributed by atoms with Crippen LogP contribution < -0.4 is 0 Å². The van der Waals surface area contributed by atoms with E-state index in [1.165, 1.54) is 0 Å². The summed E-state index contributed by atoms with van der Waals surface area (Å²) in [7, 11) is 2.12. The number of rotatable bonds is 10. The van der Waals surface area contributed by atoms with Crippen LogP contribution in [-0.2, 0) is 6.42 Å². The van der Waals surface area contributed by atoms with Crippen LogP contribution in [0, 0.1) is 5.92 Å². The molecule has 0 N–H and O–H groups in total. The number of nitrogens with zero attached hydrogens (tertiary/aromatic N) is 1. The van der Waals surface area contributed by atoms with Gasteiger partial charge in [0.15, 0.2) is 5.78 Å². The molecule has 1 rings (SSSR count). The maximum atomic E-state index is 13.0. The van der Waals surface area contributed by atoms with Crippen molar-refractivity contribution >= 4 is 17.4 Å². The van der Waals surface area contributed by atoms with E-state index in [4.69, 9.17) is 11.6 Å². The molecule has 2 nitrogen and oxygen atoms in total. The summed E-state index contributed by atoms with van der Waals surface area (Å²) in [6.07, 6.45) is 5.02. The number of benzene rings is 1. The Morgan fingerprint density at radius 2 is 1.91 bits per heavy atom. The molecule has 0 amide bonds. The number of carbonyl (C=O) groups is 1. The van der Waals surface area contributed by atoms with Crippen molar-refractivity contribution in [2.45, 2.75) is 65.8 Å². The van der Waals surface area contributed by atoms with Crippen molar-refractivity contribution in [3.63, 3.8) is 0 Å². The maximum Gasteiger partial charge on any atom is 0.167 e. The minimum atomic E-state index is 0.0645. The first kappa shape index (κ1) is 20.2. The van der Waals surface area contributed by atoms with E-state index in [-0.39, 0.29) is 11.7 Å². The first-order valence-corrected chi connectivity index (χ1v) is 9.35. The summed E-state index contributed by atoms with van der Waals surface area (Å²) < 4.78 is 0. The zero-order valence-corrected chi connectivity index (χ0v) is 16.1. The molecule has 0 radical (unpaired) electrons. The van der Waals surface area contributed by atoms with Gasteiger partial charge >= 0.3 is 0 Å². The van der Waals surface area contributed by atoms with Crippen LogP contribution in [0.2, 0.25) is 5.02 Å². The van der Waals surface area contributed by atoms with E-state index in [0.717, 1.165) is 54.8 Å². The molecule has 0 bridgehead atoms. The van der Waals surface area contributed by atoms with Crippen LogP contribution in [0.25, 0.3) is 0 Å². The molecular weight excluding hydrogens is 306 g/mol. The van der Waals surface area contributed by atoms with Crippen LogP contribution in [0.1, 0.15) is 69.3 Å². The van der Waals surface area contributed by atoms with E-state index in [9.17, 15) is 4.79 Å². The highest BCUT2D eigenvalue weighted by Crippen LogP contribution is 2.23. The zero-order valence-electron chi connectivity index (χ0n) is 15.4. The molecule has 0 aromatic heterocycles. The minimum absolute atomic E-state index is 0.0645. The molecule has 0 saturated carbocycles. The van der Waals surface area contributed by atoms with Gasteiger partial charge in [0.2, 0.25) is 0 Å². The SMILES string of the molecule is CCCc1cc(C(=O)C(CCC)CN(C)C(C)CC)ccc1Cl. The number of hydrogen-bond acceptors (Lipinski definition) is 2. The Morgan fingerprint density at radius 3 is 2.48 bits per heavy atom. The second-order valence-electron chi connectivity index (χ2n) is 6.60. The largest absolute Gasteiger partial charge is 0.303 e. The monoisotopic (exact) mass is 337 g/mol. The lowest BCUT2D eigenvalue weighted by Gasteiger charge is -2.28. The summed E-state index contributed by atoms with van der Waals surface area (Å²) in [4.78, 5) is 15.3.